The lowest BCUT2D eigenvalue weighted by molar-refractivity contribution is 0.0411. The second kappa shape index (κ2) is 8.13. The highest BCUT2D eigenvalue weighted by molar-refractivity contribution is 7.12. The van der Waals surface area contributed by atoms with E-state index in [1.54, 1.807) is 0 Å². The highest BCUT2D eigenvalue weighted by Crippen LogP contribution is 2.23. The molecule has 2 rings (SSSR count). The molecule has 1 aromatic rings. The van der Waals surface area contributed by atoms with Gasteiger partial charge in [-0.2, -0.15) is 0 Å². The predicted octanol–water partition coefficient (Wildman–Crippen LogP) is 3.02. The van der Waals surface area contributed by atoms with Crippen LogP contribution in [0.3, 0.4) is 0 Å². The van der Waals surface area contributed by atoms with Crippen molar-refractivity contribution in [2.75, 3.05) is 33.4 Å². The molecule has 0 saturated carbocycles. The fourth-order valence-corrected chi connectivity index (χ4v) is 3.85. The van der Waals surface area contributed by atoms with Gasteiger partial charge in [0.15, 0.2) is 0 Å². The van der Waals surface area contributed by atoms with E-state index in [2.05, 4.69) is 37.2 Å². The third-order valence-electron chi connectivity index (χ3n) is 3.89. The molecule has 1 saturated heterocycles. The fraction of sp³-hybridized carbons (Fsp3) is 0.750. The van der Waals surface area contributed by atoms with Crippen LogP contribution in [0.15, 0.2) is 6.07 Å². The number of nitrogens with one attached hydrogen (secondary N) is 1. The highest BCUT2D eigenvalue weighted by atomic mass is 32.1. The van der Waals surface area contributed by atoms with Gasteiger partial charge >= 0.3 is 0 Å². The maximum absolute atomic E-state index is 5.57. The first kappa shape index (κ1) is 16.0. The molecule has 2 heterocycles. The van der Waals surface area contributed by atoms with Crippen molar-refractivity contribution in [3.63, 3.8) is 0 Å². The number of hydrogen-bond donors (Lipinski definition) is 1. The van der Waals surface area contributed by atoms with Crippen molar-refractivity contribution in [2.24, 2.45) is 5.92 Å². The molecule has 1 atom stereocenters. The summed E-state index contributed by atoms with van der Waals surface area (Å²) >= 11 is 1.93. The summed E-state index contributed by atoms with van der Waals surface area (Å²) in [7, 11) is 2.23. The first-order chi connectivity index (χ1) is 9.69. The monoisotopic (exact) mass is 296 g/mol. The van der Waals surface area contributed by atoms with Gasteiger partial charge in [0.25, 0.3) is 0 Å². The molecule has 1 aliphatic rings. The minimum atomic E-state index is 0.717. The standard InChI is InChI=1S/C16H28N2OS/c1-4-17-9-16-8-15(13(2)20-16)11-18(3)10-14-6-5-7-19-12-14/h8,14,17H,4-7,9-12H2,1-3H3. The molecule has 1 N–H and O–H groups in total. The molecule has 0 spiro atoms. The second-order valence-electron chi connectivity index (χ2n) is 5.85. The Kier molecular flexibility index (Phi) is 6.49. The Labute approximate surface area is 127 Å². The lowest BCUT2D eigenvalue weighted by Gasteiger charge is -2.27. The predicted molar refractivity (Wildman–Crippen MR) is 86.3 cm³/mol. The molecule has 0 aliphatic carbocycles. The van der Waals surface area contributed by atoms with Gasteiger partial charge in [0.1, 0.15) is 0 Å². The molecule has 3 nitrogen and oxygen atoms in total. The van der Waals surface area contributed by atoms with E-state index in [4.69, 9.17) is 4.74 Å². The van der Waals surface area contributed by atoms with E-state index in [1.165, 1.54) is 28.2 Å². The molecule has 0 bridgehead atoms. The summed E-state index contributed by atoms with van der Waals surface area (Å²) in [6.45, 7) is 10.5. The zero-order chi connectivity index (χ0) is 14.4. The van der Waals surface area contributed by atoms with Crippen LogP contribution in [-0.4, -0.2) is 38.3 Å². The molecule has 1 aliphatic heterocycles. The minimum absolute atomic E-state index is 0.717. The zero-order valence-corrected chi connectivity index (χ0v) is 13.9. The molecule has 0 amide bonds. The van der Waals surface area contributed by atoms with Gasteiger partial charge in [-0.15, -0.1) is 11.3 Å². The van der Waals surface area contributed by atoms with Crippen molar-refractivity contribution in [3.05, 3.63) is 21.4 Å². The van der Waals surface area contributed by atoms with E-state index in [-0.39, 0.29) is 0 Å². The van der Waals surface area contributed by atoms with E-state index in [0.29, 0.717) is 5.92 Å². The Balaban J connectivity index is 1.83. The van der Waals surface area contributed by atoms with Gasteiger partial charge in [0.05, 0.1) is 6.61 Å². The summed E-state index contributed by atoms with van der Waals surface area (Å²) in [6.07, 6.45) is 2.54. The summed E-state index contributed by atoms with van der Waals surface area (Å²) in [6, 6.07) is 2.37. The molecule has 4 heteroatoms. The van der Waals surface area contributed by atoms with Crippen molar-refractivity contribution < 1.29 is 4.74 Å². The number of ether oxygens (including phenoxy) is 1. The van der Waals surface area contributed by atoms with Crippen LogP contribution >= 0.6 is 11.3 Å². The summed E-state index contributed by atoms with van der Waals surface area (Å²) < 4.78 is 5.57. The van der Waals surface area contributed by atoms with Gasteiger partial charge in [-0.1, -0.05) is 6.92 Å². The minimum Gasteiger partial charge on any atom is -0.381 e. The first-order valence-electron chi connectivity index (χ1n) is 7.74. The lowest BCUT2D eigenvalue weighted by Crippen LogP contribution is -2.30. The largest absolute Gasteiger partial charge is 0.381 e. The van der Waals surface area contributed by atoms with Crippen LogP contribution in [0.2, 0.25) is 0 Å². The number of thiophene rings is 1. The SMILES string of the molecule is CCNCc1cc(CN(C)CC2CCCOC2)c(C)s1. The Bertz CT molecular complexity index is 399. The summed E-state index contributed by atoms with van der Waals surface area (Å²) in [5.74, 6) is 0.717. The summed E-state index contributed by atoms with van der Waals surface area (Å²) in [5.41, 5.74) is 1.49. The van der Waals surface area contributed by atoms with Gasteiger partial charge in [-0.3, -0.25) is 0 Å². The van der Waals surface area contributed by atoms with Crippen molar-refractivity contribution in [1.29, 1.82) is 0 Å². The number of hydrogen-bond acceptors (Lipinski definition) is 4. The number of rotatable bonds is 7. The molecule has 114 valence electrons. The number of aryl methyl sites for hydroxylation is 1. The topological polar surface area (TPSA) is 24.5 Å². The Morgan fingerprint density at radius 3 is 3.05 bits per heavy atom. The van der Waals surface area contributed by atoms with Crippen molar-refractivity contribution in [1.82, 2.24) is 10.2 Å². The summed E-state index contributed by atoms with van der Waals surface area (Å²) in [5, 5.41) is 3.40. The molecule has 20 heavy (non-hydrogen) atoms. The zero-order valence-electron chi connectivity index (χ0n) is 13.1. The van der Waals surface area contributed by atoms with Crippen molar-refractivity contribution in [2.45, 2.75) is 39.8 Å². The normalized spacial score (nSPS) is 19.7. The van der Waals surface area contributed by atoms with Crippen molar-refractivity contribution in [3.8, 4) is 0 Å². The van der Waals surface area contributed by atoms with Gasteiger partial charge in [-0.25, -0.2) is 0 Å². The third kappa shape index (κ3) is 4.85. The smallest absolute Gasteiger partial charge is 0.0506 e. The second-order valence-corrected chi connectivity index (χ2v) is 7.20. The third-order valence-corrected chi connectivity index (χ3v) is 4.98. The molecule has 1 unspecified atom stereocenters. The first-order valence-corrected chi connectivity index (χ1v) is 8.56. The maximum Gasteiger partial charge on any atom is 0.0506 e. The van der Waals surface area contributed by atoms with Crippen LogP contribution in [0.1, 0.15) is 35.1 Å². The molecule has 0 aromatic carbocycles. The van der Waals surface area contributed by atoms with Crippen molar-refractivity contribution >= 4 is 11.3 Å². The van der Waals surface area contributed by atoms with Crippen LogP contribution in [0.25, 0.3) is 0 Å². The van der Waals surface area contributed by atoms with Crippen LogP contribution in [-0.2, 0) is 17.8 Å². The quantitative estimate of drug-likeness (QED) is 0.837. The summed E-state index contributed by atoms with van der Waals surface area (Å²) in [4.78, 5) is 5.37. The molecule has 1 aromatic heterocycles. The lowest BCUT2D eigenvalue weighted by atomic mass is 10.0. The molecular formula is C16H28N2OS. The average Bonchev–Trinajstić information content (AvgIpc) is 2.78. The van der Waals surface area contributed by atoms with Crippen LogP contribution in [0, 0.1) is 12.8 Å². The van der Waals surface area contributed by atoms with E-state index >= 15 is 0 Å². The molecule has 0 radical (unpaired) electrons. The van der Waals surface area contributed by atoms with Gasteiger partial charge in [-0.05, 0) is 50.9 Å². The maximum atomic E-state index is 5.57. The van der Waals surface area contributed by atoms with Gasteiger partial charge in [0, 0.05) is 36.0 Å². The van der Waals surface area contributed by atoms with Crippen LogP contribution in [0.4, 0.5) is 0 Å². The number of nitrogens with zero attached hydrogens (tertiary/aromatic N) is 1. The van der Waals surface area contributed by atoms with E-state index in [9.17, 15) is 0 Å². The molecular weight excluding hydrogens is 268 g/mol. The van der Waals surface area contributed by atoms with Crippen LogP contribution < -0.4 is 5.32 Å². The van der Waals surface area contributed by atoms with E-state index in [0.717, 1.165) is 39.4 Å². The van der Waals surface area contributed by atoms with Gasteiger partial charge in [0.2, 0.25) is 0 Å². The fourth-order valence-electron chi connectivity index (χ4n) is 2.83. The van der Waals surface area contributed by atoms with Crippen LogP contribution in [0.5, 0.6) is 0 Å². The Morgan fingerprint density at radius 2 is 2.35 bits per heavy atom. The average molecular weight is 296 g/mol. The Hall–Kier alpha value is -0.420. The van der Waals surface area contributed by atoms with E-state index < -0.39 is 0 Å². The van der Waals surface area contributed by atoms with E-state index in [1.807, 2.05) is 11.3 Å². The highest BCUT2D eigenvalue weighted by Gasteiger charge is 2.16. The van der Waals surface area contributed by atoms with Gasteiger partial charge < -0.3 is 15.0 Å². The Morgan fingerprint density at radius 1 is 1.50 bits per heavy atom. The molecule has 1 fully saturated rings.